The lowest BCUT2D eigenvalue weighted by molar-refractivity contribution is -0.159. The minimum atomic E-state index is -1.82. The van der Waals surface area contributed by atoms with Crippen LogP contribution >= 0.6 is 0 Å². The first-order chi connectivity index (χ1) is 14.9. The summed E-state index contributed by atoms with van der Waals surface area (Å²) in [6, 6.07) is 7.34. The number of rotatable bonds is 9. The van der Waals surface area contributed by atoms with E-state index in [-0.39, 0.29) is 5.91 Å². The smallest absolute Gasteiger partial charge is 0.414 e. The third-order valence-electron chi connectivity index (χ3n) is 5.58. The maximum Gasteiger partial charge on any atom is 0.414 e. The van der Waals surface area contributed by atoms with Crippen molar-refractivity contribution in [3.8, 4) is 5.75 Å². The zero-order chi connectivity index (χ0) is 22.6. The van der Waals surface area contributed by atoms with Crippen molar-refractivity contribution in [3.63, 3.8) is 0 Å². The molecule has 2 aliphatic rings. The lowest BCUT2D eigenvalue weighted by Crippen LogP contribution is -2.26. The molecule has 0 radical (unpaired) electrons. The fourth-order valence-corrected chi connectivity index (χ4v) is 4.06. The predicted octanol–water partition coefficient (Wildman–Crippen LogP) is 1.72. The number of fused-ring (bicyclic) bond motifs is 1. The van der Waals surface area contributed by atoms with E-state index in [1.165, 1.54) is 32.4 Å². The number of amides is 1. The van der Waals surface area contributed by atoms with Crippen LogP contribution in [0.4, 0.5) is 0 Å². The van der Waals surface area contributed by atoms with E-state index in [9.17, 15) is 4.79 Å². The Labute approximate surface area is 182 Å². The highest BCUT2D eigenvalue weighted by Gasteiger charge is 2.35. The molecule has 2 unspecified atom stereocenters. The Morgan fingerprint density at radius 1 is 1.03 bits per heavy atom. The number of aliphatic carboxylic acids is 2. The summed E-state index contributed by atoms with van der Waals surface area (Å²) in [7, 11) is 1.62. The molecule has 1 amide bonds. The van der Waals surface area contributed by atoms with Crippen LogP contribution in [0.15, 0.2) is 24.3 Å². The number of carbonyl (C=O) groups is 3. The molecule has 1 saturated carbocycles. The van der Waals surface area contributed by atoms with Crippen molar-refractivity contribution < 1.29 is 34.1 Å². The van der Waals surface area contributed by atoms with E-state index in [2.05, 4.69) is 10.2 Å². The molecule has 31 heavy (non-hydrogen) atoms. The molecule has 0 bridgehead atoms. The quantitative estimate of drug-likeness (QED) is 0.395. The number of hydrogen-bond acceptors (Lipinski definition) is 6. The fourth-order valence-electron chi connectivity index (χ4n) is 4.06. The monoisotopic (exact) mass is 436 g/mol. The van der Waals surface area contributed by atoms with Crippen molar-refractivity contribution in [3.05, 3.63) is 29.8 Å². The van der Waals surface area contributed by atoms with Crippen LogP contribution in [0.2, 0.25) is 0 Å². The Bertz CT molecular complexity index is 699. The third kappa shape index (κ3) is 8.55. The Kier molecular flexibility index (Phi) is 10.3. The molecule has 2 fully saturated rings. The molecule has 2 atom stereocenters. The third-order valence-corrected chi connectivity index (χ3v) is 5.58. The molecule has 1 aliphatic heterocycles. The number of nitrogens with zero attached hydrogens (tertiary/aromatic N) is 1. The van der Waals surface area contributed by atoms with Gasteiger partial charge in [-0.15, -0.1) is 0 Å². The van der Waals surface area contributed by atoms with E-state index in [0.717, 1.165) is 37.2 Å². The zero-order valence-electron chi connectivity index (χ0n) is 17.9. The van der Waals surface area contributed by atoms with Crippen LogP contribution in [0.5, 0.6) is 5.75 Å². The highest BCUT2D eigenvalue weighted by molar-refractivity contribution is 6.27. The SMILES string of the molecule is COCCNC(=O)c1ccc(OCCCN2CC3CCCC3C2)cc1.O=C(O)C(=O)O. The number of hydrogen-bond donors (Lipinski definition) is 3. The molecular formula is C22H32N2O7. The second-order valence-corrected chi connectivity index (χ2v) is 7.80. The number of ether oxygens (including phenoxy) is 2. The molecule has 0 aromatic heterocycles. The van der Waals surface area contributed by atoms with Crippen molar-refractivity contribution in [1.29, 1.82) is 0 Å². The average Bonchev–Trinajstić information content (AvgIpc) is 3.34. The highest BCUT2D eigenvalue weighted by Crippen LogP contribution is 2.37. The summed E-state index contributed by atoms with van der Waals surface area (Å²) in [5, 5.41) is 17.6. The molecule has 1 saturated heterocycles. The largest absolute Gasteiger partial charge is 0.494 e. The molecule has 1 aromatic rings. The predicted molar refractivity (Wildman–Crippen MR) is 113 cm³/mol. The van der Waals surface area contributed by atoms with E-state index in [0.29, 0.717) is 18.7 Å². The van der Waals surface area contributed by atoms with Gasteiger partial charge < -0.3 is 29.9 Å². The second-order valence-electron chi connectivity index (χ2n) is 7.80. The fraction of sp³-hybridized carbons (Fsp3) is 0.591. The maximum atomic E-state index is 11.9. The van der Waals surface area contributed by atoms with E-state index in [1.54, 1.807) is 19.2 Å². The normalized spacial score (nSPS) is 19.8. The van der Waals surface area contributed by atoms with Crippen LogP contribution in [-0.2, 0) is 14.3 Å². The number of methoxy groups -OCH3 is 1. The standard InChI is InChI=1S/C20H30N2O3.C2H2O4/c1-24-13-10-21-20(23)16-6-8-19(9-7-16)25-12-3-11-22-14-17-4-2-5-18(17)15-22;3-1(4)2(5)6/h6-9,17-18H,2-5,10-15H2,1H3,(H,21,23);(H,3,4)(H,5,6). The topological polar surface area (TPSA) is 125 Å². The Morgan fingerprint density at radius 2 is 1.65 bits per heavy atom. The second kappa shape index (κ2) is 12.9. The summed E-state index contributed by atoms with van der Waals surface area (Å²) in [6.07, 6.45) is 5.36. The molecule has 3 rings (SSSR count). The summed E-state index contributed by atoms with van der Waals surface area (Å²) in [6.45, 7) is 5.48. The van der Waals surface area contributed by atoms with Gasteiger partial charge in [0.15, 0.2) is 0 Å². The molecule has 0 spiro atoms. The van der Waals surface area contributed by atoms with Gasteiger partial charge in [-0.05, 0) is 55.4 Å². The van der Waals surface area contributed by atoms with Crippen LogP contribution in [0.3, 0.4) is 0 Å². The first kappa shape index (κ1) is 24.6. The van der Waals surface area contributed by atoms with Gasteiger partial charge in [0.05, 0.1) is 13.2 Å². The first-order valence-corrected chi connectivity index (χ1v) is 10.6. The van der Waals surface area contributed by atoms with Gasteiger partial charge in [-0.1, -0.05) is 6.42 Å². The zero-order valence-corrected chi connectivity index (χ0v) is 17.9. The molecule has 172 valence electrons. The van der Waals surface area contributed by atoms with E-state index >= 15 is 0 Å². The average molecular weight is 437 g/mol. The van der Waals surface area contributed by atoms with Gasteiger partial charge in [-0.3, -0.25) is 4.79 Å². The molecular weight excluding hydrogens is 404 g/mol. The van der Waals surface area contributed by atoms with Crippen molar-refractivity contribution in [2.45, 2.75) is 25.7 Å². The lowest BCUT2D eigenvalue weighted by Gasteiger charge is -2.16. The summed E-state index contributed by atoms with van der Waals surface area (Å²) >= 11 is 0. The Morgan fingerprint density at radius 3 is 2.19 bits per heavy atom. The highest BCUT2D eigenvalue weighted by atomic mass is 16.5. The van der Waals surface area contributed by atoms with Gasteiger partial charge in [0, 0.05) is 38.9 Å². The van der Waals surface area contributed by atoms with Crippen LogP contribution in [0.1, 0.15) is 36.0 Å². The van der Waals surface area contributed by atoms with Gasteiger partial charge in [0.25, 0.3) is 5.91 Å². The summed E-state index contributed by atoms with van der Waals surface area (Å²) in [4.78, 5) is 32.7. The number of carboxylic acids is 2. The van der Waals surface area contributed by atoms with E-state index in [1.807, 2.05) is 12.1 Å². The minimum Gasteiger partial charge on any atom is -0.494 e. The number of nitrogens with one attached hydrogen (secondary N) is 1. The molecule has 1 aliphatic carbocycles. The summed E-state index contributed by atoms with van der Waals surface area (Å²) in [5.41, 5.74) is 0.645. The van der Waals surface area contributed by atoms with Crippen molar-refractivity contribution in [1.82, 2.24) is 10.2 Å². The van der Waals surface area contributed by atoms with Gasteiger partial charge >= 0.3 is 11.9 Å². The molecule has 9 nitrogen and oxygen atoms in total. The Hall–Kier alpha value is -2.65. The molecule has 9 heteroatoms. The van der Waals surface area contributed by atoms with Gasteiger partial charge in [-0.25, -0.2) is 9.59 Å². The maximum absolute atomic E-state index is 11.9. The van der Waals surface area contributed by atoms with Crippen molar-refractivity contribution >= 4 is 17.8 Å². The van der Waals surface area contributed by atoms with Crippen molar-refractivity contribution in [2.75, 3.05) is 46.5 Å². The number of carboxylic acid groups (broad SMARTS) is 2. The van der Waals surface area contributed by atoms with Crippen LogP contribution in [0.25, 0.3) is 0 Å². The molecule has 1 heterocycles. The number of likely N-dealkylation sites (tertiary alicyclic amines) is 1. The molecule has 3 N–H and O–H groups in total. The summed E-state index contributed by atoms with van der Waals surface area (Å²) in [5.74, 6) is -0.980. The lowest BCUT2D eigenvalue weighted by atomic mass is 10.0. The number of carbonyl (C=O) groups excluding carboxylic acids is 1. The van der Waals surface area contributed by atoms with Gasteiger partial charge in [0.2, 0.25) is 0 Å². The molecule has 1 aromatic carbocycles. The van der Waals surface area contributed by atoms with Gasteiger partial charge in [-0.2, -0.15) is 0 Å². The minimum absolute atomic E-state index is 0.0804. The Balaban J connectivity index is 0.000000501. The van der Waals surface area contributed by atoms with Gasteiger partial charge in [0.1, 0.15) is 5.75 Å². The van der Waals surface area contributed by atoms with Crippen molar-refractivity contribution in [2.24, 2.45) is 11.8 Å². The van der Waals surface area contributed by atoms with Crippen LogP contribution < -0.4 is 10.1 Å². The summed E-state index contributed by atoms with van der Waals surface area (Å²) < 4.78 is 10.7. The first-order valence-electron chi connectivity index (χ1n) is 10.6. The van der Waals surface area contributed by atoms with Crippen LogP contribution in [-0.4, -0.2) is 79.5 Å². The van der Waals surface area contributed by atoms with E-state index < -0.39 is 11.9 Å². The van der Waals surface area contributed by atoms with E-state index in [4.69, 9.17) is 29.3 Å². The van der Waals surface area contributed by atoms with Crippen LogP contribution in [0, 0.1) is 11.8 Å². The number of benzene rings is 1.